The molecule has 0 bridgehead atoms. The Morgan fingerprint density at radius 2 is 1.83 bits per heavy atom. The van der Waals surface area contributed by atoms with Crippen LogP contribution in [-0.4, -0.2) is 15.6 Å². The number of carboxylic acid groups (broad SMARTS) is 1. The zero-order valence-corrected chi connectivity index (χ0v) is 12.2. The Balaban J connectivity index is 2.46. The van der Waals surface area contributed by atoms with Gasteiger partial charge in [-0.05, 0) is 47.3 Å². The van der Waals surface area contributed by atoms with Gasteiger partial charge in [-0.15, -0.1) is 0 Å². The lowest BCUT2D eigenvalue weighted by molar-refractivity contribution is 0.0695. The molecule has 23 heavy (non-hydrogen) atoms. The van der Waals surface area contributed by atoms with Crippen molar-refractivity contribution < 1.29 is 9.90 Å². The summed E-state index contributed by atoms with van der Waals surface area (Å²) in [6.45, 7) is 3.72. The van der Waals surface area contributed by atoms with Crippen LogP contribution in [0, 0.1) is 0 Å². The van der Waals surface area contributed by atoms with Crippen molar-refractivity contribution in [2.75, 3.05) is 5.73 Å². The molecule has 1 aromatic heterocycles. The minimum atomic E-state index is -1.26. The van der Waals surface area contributed by atoms with E-state index in [-0.39, 0.29) is 5.56 Å². The molecule has 114 valence electrons. The van der Waals surface area contributed by atoms with E-state index in [2.05, 4.69) is 6.58 Å². The number of anilines is 1. The normalized spacial score (nSPS) is 10.6. The summed E-state index contributed by atoms with van der Waals surface area (Å²) in [5.41, 5.74) is 7.39. The number of fused-ring (bicyclic) bond motifs is 1. The van der Waals surface area contributed by atoms with Gasteiger partial charge in [0.05, 0.1) is 5.52 Å². The van der Waals surface area contributed by atoms with Crippen LogP contribution in [0.5, 0.6) is 0 Å². The highest BCUT2D eigenvalue weighted by Gasteiger charge is 2.16. The van der Waals surface area contributed by atoms with Crippen LogP contribution in [0.2, 0.25) is 0 Å². The maximum Gasteiger partial charge on any atom is 0.341 e. The number of nitrogens with zero attached hydrogens (tertiary/aromatic N) is 1. The monoisotopic (exact) mass is 306 g/mol. The molecule has 3 aromatic rings. The van der Waals surface area contributed by atoms with Crippen LogP contribution in [0.1, 0.15) is 15.9 Å². The lowest BCUT2D eigenvalue weighted by Gasteiger charge is -2.13. The van der Waals surface area contributed by atoms with Gasteiger partial charge in [-0.25, -0.2) is 4.79 Å². The van der Waals surface area contributed by atoms with Gasteiger partial charge in [0, 0.05) is 11.4 Å². The molecule has 0 unspecified atom stereocenters. The van der Waals surface area contributed by atoms with Crippen molar-refractivity contribution in [1.29, 1.82) is 0 Å². The fourth-order valence-electron chi connectivity index (χ4n) is 2.48. The van der Waals surface area contributed by atoms with Gasteiger partial charge >= 0.3 is 5.97 Å². The summed E-state index contributed by atoms with van der Waals surface area (Å²) in [7, 11) is 0. The van der Waals surface area contributed by atoms with Crippen molar-refractivity contribution >= 4 is 28.6 Å². The summed E-state index contributed by atoms with van der Waals surface area (Å²) >= 11 is 0. The van der Waals surface area contributed by atoms with E-state index < -0.39 is 11.5 Å². The Labute approximate surface area is 131 Å². The van der Waals surface area contributed by atoms with Gasteiger partial charge in [-0.2, -0.15) is 0 Å². The minimum Gasteiger partial charge on any atom is -0.477 e. The highest BCUT2D eigenvalue weighted by molar-refractivity contribution is 5.93. The summed E-state index contributed by atoms with van der Waals surface area (Å²) < 4.78 is 1.38. The third-order valence-electron chi connectivity index (χ3n) is 3.65. The topological polar surface area (TPSA) is 85.3 Å². The number of nitrogen functional groups attached to an aromatic ring is 1. The summed E-state index contributed by atoms with van der Waals surface area (Å²) in [6, 6.07) is 13.5. The molecule has 0 aliphatic heterocycles. The van der Waals surface area contributed by atoms with E-state index in [0.29, 0.717) is 22.3 Å². The van der Waals surface area contributed by atoms with Crippen LogP contribution in [-0.2, 0) is 0 Å². The maximum absolute atomic E-state index is 12.6. The van der Waals surface area contributed by atoms with Crippen LogP contribution >= 0.6 is 0 Å². The number of carbonyl (C=O) groups is 1. The minimum absolute atomic E-state index is 0.277. The molecule has 0 atom stereocenters. The fourth-order valence-corrected chi connectivity index (χ4v) is 2.48. The van der Waals surface area contributed by atoms with Crippen molar-refractivity contribution in [3.63, 3.8) is 0 Å². The Morgan fingerprint density at radius 3 is 2.43 bits per heavy atom. The fraction of sp³-hybridized carbons (Fsp3) is 0. The molecule has 5 heteroatoms. The van der Waals surface area contributed by atoms with Crippen molar-refractivity contribution in [2.24, 2.45) is 0 Å². The molecule has 2 aromatic carbocycles. The molecule has 5 nitrogen and oxygen atoms in total. The SMILES string of the molecule is C=Cc1ccc2cc(C(=O)O)c(=O)n(-c3ccc(N)cc3)c2c1. The van der Waals surface area contributed by atoms with Crippen LogP contribution in [0.25, 0.3) is 22.7 Å². The highest BCUT2D eigenvalue weighted by Crippen LogP contribution is 2.21. The van der Waals surface area contributed by atoms with Gasteiger partial charge in [-0.3, -0.25) is 9.36 Å². The first-order valence-corrected chi connectivity index (χ1v) is 6.93. The molecule has 3 N–H and O–H groups in total. The molecule has 0 aliphatic rings. The summed E-state index contributed by atoms with van der Waals surface area (Å²) in [5.74, 6) is -1.26. The molecule has 0 fully saturated rings. The third kappa shape index (κ3) is 2.48. The van der Waals surface area contributed by atoms with Gasteiger partial charge in [0.25, 0.3) is 5.56 Å². The molecule has 0 radical (unpaired) electrons. The molecule has 0 amide bonds. The summed E-state index contributed by atoms with van der Waals surface area (Å²) in [6.07, 6.45) is 1.67. The van der Waals surface area contributed by atoms with Gasteiger partial charge < -0.3 is 10.8 Å². The van der Waals surface area contributed by atoms with Gasteiger partial charge in [0.1, 0.15) is 5.56 Å². The largest absolute Gasteiger partial charge is 0.477 e. The van der Waals surface area contributed by atoms with E-state index in [0.717, 1.165) is 5.56 Å². The van der Waals surface area contributed by atoms with Crippen molar-refractivity contribution in [2.45, 2.75) is 0 Å². The Morgan fingerprint density at radius 1 is 1.13 bits per heavy atom. The number of aromatic nitrogens is 1. The van der Waals surface area contributed by atoms with E-state index in [9.17, 15) is 14.7 Å². The van der Waals surface area contributed by atoms with Crippen molar-refractivity contribution in [1.82, 2.24) is 4.57 Å². The molecule has 3 rings (SSSR count). The molecule has 0 spiro atoms. The third-order valence-corrected chi connectivity index (χ3v) is 3.65. The lowest BCUT2D eigenvalue weighted by Crippen LogP contribution is -2.25. The first kappa shape index (κ1) is 14.6. The van der Waals surface area contributed by atoms with E-state index in [1.165, 1.54) is 10.6 Å². The van der Waals surface area contributed by atoms with Crippen LogP contribution in [0.15, 0.2) is 59.9 Å². The second-order valence-electron chi connectivity index (χ2n) is 5.12. The molecular formula is C18H14N2O3. The molecule has 0 aliphatic carbocycles. The molecule has 0 saturated heterocycles. The van der Waals surface area contributed by atoms with Crippen LogP contribution < -0.4 is 11.3 Å². The maximum atomic E-state index is 12.6. The molecule has 1 heterocycles. The Kier molecular flexibility index (Phi) is 3.46. The van der Waals surface area contributed by atoms with E-state index in [4.69, 9.17) is 5.73 Å². The lowest BCUT2D eigenvalue weighted by atomic mass is 10.1. The molecular weight excluding hydrogens is 292 g/mol. The zero-order chi connectivity index (χ0) is 16.6. The van der Waals surface area contributed by atoms with Gasteiger partial charge in [0.15, 0.2) is 0 Å². The Hall–Kier alpha value is -3.34. The summed E-state index contributed by atoms with van der Waals surface area (Å²) in [4.78, 5) is 24.0. The Bertz CT molecular complexity index is 986. The average molecular weight is 306 g/mol. The number of benzene rings is 2. The number of nitrogens with two attached hydrogens (primary N) is 1. The van der Waals surface area contributed by atoms with Gasteiger partial charge in [0.2, 0.25) is 0 Å². The number of aromatic carboxylic acids is 1. The number of rotatable bonds is 3. The number of hydrogen-bond acceptors (Lipinski definition) is 3. The van der Waals surface area contributed by atoms with E-state index in [1.807, 2.05) is 6.07 Å². The predicted octanol–water partition coefficient (Wildman–Crippen LogP) is 2.91. The van der Waals surface area contributed by atoms with Gasteiger partial charge in [-0.1, -0.05) is 24.8 Å². The standard InChI is InChI=1S/C18H14N2O3/c1-2-11-3-4-12-10-15(18(22)23)17(21)20(16(12)9-11)14-7-5-13(19)6-8-14/h2-10H,1,19H2,(H,22,23). The van der Waals surface area contributed by atoms with E-state index >= 15 is 0 Å². The van der Waals surface area contributed by atoms with Crippen LogP contribution in [0.3, 0.4) is 0 Å². The van der Waals surface area contributed by atoms with E-state index in [1.54, 1.807) is 42.5 Å². The number of hydrogen-bond donors (Lipinski definition) is 2. The first-order valence-electron chi connectivity index (χ1n) is 6.93. The smallest absolute Gasteiger partial charge is 0.341 e. The first-order chi connectivity index (χ1) is 11.0. The second-order valence-corrected chi connectivity index (χ2v) is 5.12. The number of pyridine rings is 1. The van der Waals surface area contributed by atoms with Crippen LogP contribution in [0.4, 0.5) is 5.69 Å². The van der Waals surface area contributed by atoms with Crippen molar-refractivity contribution in [3.8, 4) is 5.69 Å². The molecule has 0 saturated carbocycles. The second kappa shape index (κ2) is 5.46. The predicted molar refractivity (Wildman–Crippen MR) is 91.0 cm³/mol. The van der Waals surface area contributed by atoms with Crippen molar-refractivity contribution in [3.05, 3.63) is 76.6 Å². The quantitative estimate of drug-likeness (QED) is 0.729. The summed E-state index contributed by atoms with van der Waals surface area (Å²) in [5, 5.41) is 9.95. The highest BCUT2D eigenvalue weighted by atomic mass is 16.4. The zero-order valence-electron chi connectivity index (χ0n) is 12.2. The average Bonchev–Trinajstić information content (AvgIpc) is 2.54. The number of carboxylic acids is 1.